The number of rotatable bonds is 10. The molecule has 1 unspecified atom stereocenters. The van der Waals surface area contributed by atoms with E-state index in [2.05, 4.69) is 0 Å². The van der Waals surface area contributed by atoms with Gasteiger partial charge in [-0.3, -0.25) is 0 Å². The van der Waals surface area contributed by atoms with Crippen molar-refractivity contribution < 1.29 is 23.1 Å². The van der Waals surface area contributed by atoms with Crippen molar-refractivity contribution in [1.82, 2.24) is 4.67 Å². The van der Waals surface area contributed by atoms with Crippen LogP contribution in [0.5, 0.6) is 11.5 Å². The first-order valence-corrected chi connectivity index (χ1v) is 11.9. The first-order valence-electron chi connectivity index (χ1n) is 10.4. The third kappa shape index (κ3) is 6.08. The van der Waals surface area contributed by atoms with Crippen molar-refractivity contribution in [3.05, 3.63) is 60.7 Å². The fourth-order valence-corrected chi connectivity index (χ4v) is 5.24. The lowest BCUT2D eigenvalue weighted by molar-refractivity contribution is -0.173. The molecule has 0 bridgehead atoms. The minimum Gasteiger partial charge on any atom is -0.404 e. The van der Waals surface area contributed by atoms with Crippen molar-refractivity contribution in [1.29, 1.82) is 0 Å². The summed E-state index contributed by atoms with van der Waals surface area (Å²) >= 11 is 0. The number of para-hydroxylation sites is 2. The summed E-state index contributed by atoms with van der Waals surface area (Å²) in [7, 11) is -3.69. The Morgan fingerprint density at radius 3 is 1.90 bits per heavy atom. The Morgan fingerprint density at radius 2 is 1.47 bits per heavy atom. The van der Waals surface area contributed by atoms with E-state index in [0.717, 1.165) is 6.42 Å². The fraction of sp³-hybridized carbons (Fsp3) is 0.478. The summed E-state index contributed by atoms with van der Waals surface area (Å²) in [6.45, 7) is 9.49. The minimum atomic E-state index is -3.69. The second-order valence-electron chi connectivity index (χ2n) is 8.27. The van der Waals surface area contributed by atoms with Gasteiger partial charge in [0.05, 0.1) is 12.2 Å². The van der Waals surface area contributed by atoms with E-state index in [0.29, 0.717) is 37.6 Å². The molecule has 3 rings (SSSR count). The van der Waals surface area contributed by atoms with E-state index in [1.54, 1.807) is 28.9 Å². The molecule has 164 valence electrons. The SMILES string of the molecule is CCCN(CCC1(C)OCC(C)(C)O1)P(=O)(Oc1ccccc1)Oc1ccccc1. The Morgan fingerprint density at radius 1 is 0.933 bits per heavy atom. The Balaban J connectivity index is 1.83. The molecule has 1 aliphatic rings. The number of nitrogens with zero attached hydrogens (tertiary/aromatic N) is 1. The van der Waals surface area contributed by atoms with Gasteiger partial charge < -0.3 is 18.5 Å². The summed E-state index contributed by atoms with van der Waals surface area (Å²) in [5, 5.41) is 0. The van der Waals surface area contributed by atoms with E-state index in [9.17, 15) is 4.57 Å². The van der Waals surface area contributed by atoms with Crippen molar-refractivity contribution in [2.24, 2.45) is 0 Å². The summed E-state index contributed by atoms with van der Waals surface area (Å²) in [5.41, 5.74) is -0.338. The second kappa shape index (κ2) is 9.52. The predicted octanol–water partition coefficient (Wildman–Crippen LogP) is 5.90. The maximum Gasteiger partial charge on any atom is 0.515 e. The summed E-state index contributed by atoms with van der Waals surface area (Å²) in [4.78, 5) is 0. The zero-order valence-corrected chi connectivity index (χ0v) is 19.1. The van der Waals surface area contributed by atoms with Gasteiger partial charge in [-0.15, -0.1) is 0 Å². The van der Waals surface area contributed by atoms with Gasteiger partial charge in [-0.2, -0.15) is 4.67 Å². The molecule has 6 nitrogen and oxygen atoms in total. The standard InChI is InChI=1S/C23H32NO5P/c1-5-17-24(18-16-23(4)26-19-22(2,3)29-23)30(25,27-20-12-8-6-9-13-20)28-21-14-10-7-11-15-21/h6-15H,5,16-19H2,1-4H3. The Hall–Kier alpha value is -1.85. The van der Waals surface area contributed by atoms with Gasteiger partial charge >= 0.3 is 7.75 Å². The minimum absolute atomic E-state index is 0.338. The first kappa shape index (κ1) is 22.8. The van der Waals surface area contributed by atoms with E-state index < -0.39 is 13.5 Å². The highest BCUT2D eigenvalue weighted by Gasteiger charge is 2.44. The molecule has 7 heteroatoms. The Kier molecular flexibility index (Phi) is 7.25. The summed E-state index contributed by atoms with van der Waals surface area (Å²) in [5.74, 6) is 0.261. The van der Waals surface area contributed by atoms with E-state index in [1.807, 2.05) is 64.1 Å². The van der Waals surface area contributed by atoms with Crippen molar-refractivity contribution in [3.8, 4) is 11.5 Å². The highest BCUT2D eigenvalue weighted by molar-refractivity contribution is 7.52. The fourth-order valence-electron chi connectivity index (χ4n) is 3.40. The largest absolute Gasteiger partial charge is 0.515 e. The topological polar surface area (TPSA) is 57.2 Å². The molecule has 1 fully saturated rings. The van der Waals surface area contributed by atoms with Crippen LogP contribution >= 0.6 is 7.75 Å². The molecule has 1 saturated heterocycles. The average Bonchev–Trinajstić information content (AvgIpc) is 2.99. The van der Waals surface area contributed by atoms with Crippen molar-refractivity contribution in [2.45, 2.75) is 51.9 Å². The molecule has 2 aromatic carbocycles. The van der Waals surface area contributed by atoms with Gasteiger partial charge in [-0.25, -0.2) is 4.57 Å². The Labute approximate surface area is 179 Å². The number of benzene rings is 2. The average molecular weight is 433 g/mol. The van der Waals surface area contributed by atoms with Gasteiger partial charge in [-0.1, -0.05) is 43.3 Å². The first-order chi connectivity index (χ1) is 14.2. The number of hydrogen-bond acceptors (Lipinski definition) is 5. The Bertz CT molecular complexity index is 800. The molecule has 0 spiro atoms. The maximum absolute atomic E-state index is 14.1. The molecule has 0 saturated carbocycles. The van der Waals surface area contributed by atoms with E-state index >= 15 is 0 Å². The third-order valence-electron chi connectivity index (χ3n) is 4.80. The molecular formula is C23H32NO5P. The molecule has 0 aliphatic carbocycles. The van der Waals surface area contributed by atoms with Gasteiger partial charge in [0.25, 0.3) is 0 Å². The van der Waals surface area contributed by atoms with Crippen LogP contribution in [0.2, 0.25) is 0 Å². The van der Waals surface area contributed by atoms with Crippen molar-refractivity contribution in [2.75, 3.05) is 19.7 Å². The summed E-state index contributed by atoms with van der Waals surface area (Å²) in [6, 6.07) is 18.2. The van der Waals surface area contributed by atoms with E-state index in [1.165, 1.54) is 0 Å². The van der Waals surface area contributed by atoms with Gasteiger partial charge in [-0.05, 0) is 51.5 Å². The zero-order chi connectivity index (χ0) is 21.7. The van der Waals surface area contributed by atoms with Crippen LogP contribution in [0.1, 0.15) is 40.5 Å². The lowest BCUT2D eigenvalue weighted by Crippen LogP contribution is -2.36. The van der Waals surface area contributed by atoms with Crippen LogP contribution in [-0.4, -0.2) is 35.8 Å². The van der Waals surface area contributed by atoms with Crippen LogP contribution in [-0.2, 0) is 14.0 Å². The van der Waals surface area contributed by atoms with Crippen LogP contribution in [0, 0.1) is 0 Å². The quantitative estimate of drug-likeness (QED) is 0.435. The van der Waals surface area contributed by atoms with Gasteiger partial charge in [0, 0.05) is 19.5 Å². The molecule has 0 radical (unpaired) electrons. The predicted molar refractivity (Wildman–Crippen MR) is 118 cm³/mol. The van der Waals surface area contributed by atoms with E-state index in [4.69, 9.17) is 18.5 Å². The number of ether oxygens (including phenoxy) is 2. The lowest BCUT2D eigenvalue weighted by atomic mass is 10.1. The van der Waals surface area contributed by atoms with Crippen LogP contribution in [0.4, 0.5) is 0 Å². The lowest BCUT2D eigenvalue weighted by Gasteiger charge is -2.33. The van der Waals surface area contributed by atoms with Crippen molar-refractivity contribution >= 4 is 7.75 Å². The molecule has 2 aromatic rings. The maximum atomic E-state index is 14.1. The number of hydrogen-bond donors (Lipinski definition) is 0. The second-order valence-corrected chi connectivity index (χ2v) is 10.1. The molecule has 30 heavy (non-hydrogen) atoms. The van der Waals surface area contributed by atoms with Crippen molar-refractivity contribution in [3.63, 3.8) is 0 Å². The zero-order valence-electron chi connectivity index (χ0n) is 18.2. The molecule has 1 heterocycles. The molecule has 0 N–H and O–H groups in total. The van der Waals surface area contributed by atoms with E-state index in [-0.39, 0.29) is 5.60 Å². The molecule has 0 aromatic heterocycles. The van der Waals surface area contributed by atoms with Gasteiger partial charge in [0.1, 0.15) is 11.5 Å². The van der Waals surface area contributed by atoms with Crippen LogP contribution < -0.4 is 9.05 Å². The highest BCUT2D eigenvalue weighted by Crippen LogP contribution is 2.52. The summed E-state index contributed by atoms with van der Waals surface area (Å²) < 4.78 is 39.8. The summed E-state index contributed by atoms with van der Waals surface area (Å²) in [6.07, 6.45) is 1.33. The van der Waals surface area contributed by atoms with Crippen LogP contribution in [0.15, 0.2) is 60.7 Å². The smallest absolute Gasteiger partial charge is 0.404 e. The highest BCUT2D eigenvalue weighted by atomic mass is 31.2. The monoisotopic (exact) mass is 433 g/mol. The molecule has 1 atom stereocenters. The molecular weight excluding hydrogens is 401 g/mol. The van der Waals surface area contributed by atoms with Crippen LogP contribution in [0.3, 0.4) is 0 Å². The third-order valence-corrected chi connectivity index (χ3v) is 6.77. The van der Waals surface area contributed by atoms with Crippen LogP contribution in [0.25, 0.3) is 0 Å². The molecule has 0 amide bonds. The molecule has 1 aliphatic heterocycles. The van der Waals surface area contributed by atoms with Gasteiger partial charge in [0.2, 0.25) is 0 Å². The van der Waals surface area contributed by atoms with Gasteiger partial charge in [0.15, 0.2) is 5.79 Å². The normalized spacial score (nSPS) is 21.0.